The van der Waals surface area contributed by atoms with E-state index in [1.54, 1.807) is 11.0 Å². The SMILES string of the molecule is CC1CC1C(=O)Nc1cccc(-c2ncn(C)n2)c1. The molecule has 1 aromatic heterocycles. The van der Waals surface area contributed by atoms with Crippen molar-refractivity contribution in [1.29, 1.82) is 0 Å². The zero-order valence-corrected chi connectivity index (χ0v) is 11.0. The van der Waals surface area contributed by atoms with Crippen molar-refractivity contribution in [2.45, 2.75) is 13.3 Å². The summed E-state index contributed by atoms with van der Waals surface area (Å²) in [7, 11) is 1.83. The lowest BCUT2D eigenvalue weighted by Crippen LogP contribution is -2.14. The van der Waals surface area contributed by atoms with Gasteiger partial charge in [-0.3, -0.25) is 9.48 Å². The third-order valence-electron chi connectivity index (χ3n) is 3.43. The zero-order valence-electron chi connectivity index (χ0n) is 11.0. The van der Waals surface area contributed by atoms with Crippen LogP contribution >= 0.6 is 0 Å². The van der Waals surface area contributed by atoms with Crippen LogP contribution in [0.2, 0.25) is 0 Å². The number of anilines is 1. The van der Waals surface area contributed by atoms with E-state index in [-0.39, 0.29) is 11.8 Å². The Kier molecular flexibility index (Phi) is 2.81. The van der Waals surface area contributed by atoms with E-state index in [1.807, 2.05) is 31.3 Å². The van der Waals surface area contributed by atoms with Gasteiger partial charge in [-0.15, -0.1) is 0 Å². The van der Waals surface area contributed by atoms with Crippen LogP contribution in [0.1, 0.15) is 13.3 Å². The fraction of sp³-hybridized carbons (Fsp3) is 0.357. The second kappa shape index (κ2) is 4.50. The van der Waals surface area contributed by atoms with Crippen molar-refractivity contribution >= 4 is 11.6 Å². The van der Waals surface area contributed by atoms with Gasteiger partial charge in [-0.1, -0.05) is 19.1 Å². The van der Waals surface area contributed by atoms with Crippen LogP contribution in [0.5, 0.6) is 0 Å². The maximum Gasteiger partial charge on any atom is 0.227 e. The van der Waals surface area contributed by atoms with Crippen LogP contribution in [-0.4, -0.2) is 20.7 Å². The van der Waals surface area contributed by atoms with Gasteiger partial charge in [0.15, 0.2) is 5.82 Å². The molecule has 1 heterocycles. The van der Waals surface area contributed by atoms with Crippen molar-refractivity contribution in [3.63, 3.8) is 0 Å². The molecule has 5 heteroatoms. The number of aryl methyl sites for hydroxylation is 1. The number of hydrogen-bond acceptors (Lipinski definition) is 3. The highest BCUT2D eigenvalue weighted by atomic mass is 16.2. The minimum Gasteiger partial charge on any atom is -0.326 e. The van der Waals surface area contributed by atoms with Gasteiger partial charge in [-0.25, -0.2) is 4.98 Å². The minimum atomic E-state index is 0.110. The topological polar surface area (TPSA) is 59.8 Å². The first-order valence-electron chi connectivity index (χ1n) is 6.40. The van der Waals surface area contributed by atoms with Crippen LogP contribution in [0.4, 0.5) is 5.69 Å². The molecule has 0 bridgehead atoms. The van der Waals surface area contributed by atoms with Gasteiger partial charge in [-0.2, -0.15) is 5.10 Å². The van der Waals surface area contributed by atoms with Crippen LogP contribution in [0, 0.1) is 11.8 Å². The number of hydrogen-bond donors (Lipinski definition) is 1. The smallest absolute Gasteiger partial charge is 0.227 e. The summed E-state index contributed by atoms with van der Waals surface area (Å²) in [5.41, 5.74) is 1.70. The molecule has 0 saturated heterocycles. The number of amides is 1. The molecule has 1 N–H and O–H groups in total. The van der Waals surface area contributed by atoms with Crippen molar-refractivity contribution in [3.05, 3.63) is 30.6 Å². The van der Waals surface area contributed by atoms with Crippen molar-refractivity contribution in [2.24, 2.45) is 18.9 Å². The Labute approximate surface area is 111 Å². The van der Waals surface area contributed by atoms with E-state index >= 15 is 0 Å². The van der Waals surface area contributed by atoms with E-state index in [4.69, 9.17) is 0 Å². The summed E-state index contributed by atoms with van der Waals surface area (Å²) >= 11 is 0. The summed E-state index contributed by atoms with van der Waals surface area (Å²) in [4.78, 5) is 16.1. The Morgan fingerprint density at radius 2 is 2.26 bits per heavy atom. The molecule has 3 rings (SSSR count). The van der Waals surface area contributed by atoms with Gasteiger partial charge in [0, 0.05) is 24.2 Å². The highest BCUT2D eigenvalue weighted by Crippen LogP contribution is 2.38. The lowest BCUT2D eigenvalue weighted by molar-refractivity contribution is -0.117. The first kappa shape index (κ1) is 11.9. The van der Waals surface area contributed by atoms with Crippen LogP contribution in [0.15, 0.2) is 30.6 Å². The number of carbonyl (C=O) groups is 1. The van der Waals surface area contributed by atoms with Gasteiger partial charge >= 0.3 is 0 Å². The highest BCUT2D eigenvalue weighted by molar-refractivity contribution is 5.94. The largest absolute Gasteiger partial charge is 0.326 e. The maximum absolute atomic E-state index is 11.9. The Balaban J connectivity index is 1.78. The molecule has 1 aromatic carbocycles. The second-order valence-corrected chi connectivity index (χ2v) is 5.13. The number of rotatable bonds is 3. The first-order valence-corrected chi connectivity index (χ1v) is 6.40. The first-order chi connectivity index (χ1) is 9.13. The summed E-state index contributed by atoms with van der Waals surface area (Å²) in [5.74, 6) is 1.47. The molecular weight excluding hydrogens is 240 g/mol. The number of benzene rings is 1. The van der Waals surface area contributed by atoms with E-state index < -0.39 is 0 Å². The molecule has 0 radical (unpaired) electrons. The molecule has 2 atom stereocenters. The minimum absolute atomic E-state index is 0.110. The number of nitrogens with zero attached hydrogens (tertiary/aromatic N) is 3. The quantitative estimate of drug-likeness (QED) is 0.914. The van der Waals surface area contributed by atoms with Crippen molar-refractivity contribution < 1.29 is 4.79 Å². The van der Waals surface area contributed by atoms with Crippen molar-refractivity contribution in [3.8, 4) is 11.4 Å². The van der Waals surface area contributed by atoms with Gasteiger partial charge in [0.25, 0.3) is 0 Å². The molecule has 1 fully saturated rings. The summed E-state index contributed by atoms with van der Waals surface area (Å²) in [5, 5.41) is 7.20. The molecule has 98 valence electrons. The predicted molar refractivity (Wildman–Crippen MR) is 72.3 cm³/mol. The van der Waals surface area contributed by atoms with Gasteiger partial charge in [0.2, 0.25) is 5.91 Å². The molecule has 1 amide bonds. The van der Waals surface area contributed by atoms with E-state index in [1.165, 1.54) is 0 Å². The summed E-state index contributed by atoms with van der Waals surface area (Å²) < 4.78 is 1.66. The maximum atomic E-state index is 11.9. The Morgan fingerprint density at radius 1 is 1.47 bits per heavy atom. The zero-order chi connectivity index (χ0) is 13.4. The van der Waals surface area contributed by atoms with E-state index in [2.05, 4.69) is 22.3 Å². The third kappa shape index (κ3) is 2.50. The number of carbonyl (C=O) groups excluding carboxylic acids is 1. The van der Waals surface area contributed by atoms with Gasteiger partial charge in [-0.05, 0) is 24.5 Å². The highest BCUT2D eigenvalue weighted by Gasteiger charge is 2.39. The van der Waals surface area contributed by atoms with Crippen molar-refractivity contribution in [1.82, 2.24) is 14.8 Å². The molecule has 2 aromatic rings. The van der Waals surface area contributed by atoms with Gasteiger partial charge < -0.3 is 5.32 Å². The molecule has 1 saturated carbocycles. The molecular formula is C14H16N4O. The normalized spacial score (nSPS) is 21.2. The van der Waals surface area contributed by atoms with Crippen LogP contribution < -0.4 is 5.32 Å². The third-order valence-corrected chi connectivity index (χ3v) is 3.43. The van der Waals surface area contributed by atoms with E-state index in [0.717, 1.165) is 17.7 Å². The fourth-order valence-corrected chi connectivity index (χ4v) is 2.13. The Bertz CT molecular complexity index is 619. The van der Waals surface area contributed by atoms with Crippen LogP contribution in [0.3, 0.4) is 0 Å². The van der Waals surface area contributed by atoms with Crippen LogP contribution in [-0.2, 0) is 11.8 Å². The average Bonchev–Trinajstić information content (AvgIpc) is 2.96. The standard InChI is InChI=1S/C14H16N4O/c1-9-6-12(9)14(19)16-11-5-3-4-10(7-11)13-15-8-18(2)17-13/h3-5,7-9,12H,6H2,1-2H3,(H,16,19). The molecule has 5 nitrogen and oxygen atoms in total. The van der Waals surface area contributed by atoms with Crippen molar-refractivity contribution in [2.75, 3.05) is 5.32 Å². The summed E-state index contributed by atoms with van der Waals surface area (Å²) in [6.45, 7) is 2.10. The molecule has 2 unspecified atom stereocenters. The van der Waals surface area contributed by atoms with E-state index in [9.17, 15) is 4.79 Å². The predicted octanol–water partition coefficient (Wildman–Crippen LogP) is 2.08. The molecule has 19 heavy (non-hydrogen) atoms. The average molecular weight is 256 g/mol. The number of aromatic nitrogens is 3. The Morgan fingerprint density at radius 3 is 2.89 bits per heavy atom. The monoisotopic (exact) mass is 256 g/mol. The second-order valence-electron chi connectivity index (χ2n) is 5.13. The molecule has 0 spiro atoms. The molecule has 1 aliphatic rings. The molecule has 1 aliphatic carbocycles. The summed E-state index contributed by atoms with van der Waals surface area (Å²) in [6, 6.07) is 7.63. The van der Waals surface area contributed by atoms with Gasteiger partial charge in [0.05, 0.1) is 0 Å². The fourth-order valence-electron chi connectivity index (χ4n) is 2.13. The lowest BCUT2D eigenvalue weighted by atomic mass is 10.2. The van der Waals surface area contributed by atoms with E-state index in [0.29, 0.717) is 11.7 Å². The lowest BCUT2D eigenvalue weighted by Gasteiger charge is -2.05. The summed E-state index contributed by atoms with van der Waals surface area (Å²) in [6.07, 6.45) is 2.65. The number of nitrogens with one attached hydrogen (secondary N) is 1. The molecule has 0 aliphatic heterocycles. The van der Waals surface area contributed by atoms with Gasteiger partial charge in [0.1, 0.15) is 6.33 Å². The Hall–Kier alpha value is -2.17. The van der Waals surface area contributed by atoms with Crippen LogP contribution in [0.25, 0.3) is 11.4 Å².